The van der Waals surface area contributed by atoms with Crippen LogP contribution in [-0.4, -0.2) is 16.2 Å². The second kappa shape index (κ2) is 7.76. The highest BCUT2D eigenvalue weighted by Crippen LogP contribution is 2.09. The zero-order valence-electron chi connectivity index (χ0n) is 8.05. The first-order valence-corrected chi connectivity index (χ1v) is 5.69. The van der Waals surface area contributed by atoms with Gasteiger partial charge in [-0.15, -0.1) is 0 Å². The van der Waals surface area contributed by atoms with E-state index in [9.17, 15) is 4.79 Å². The smallest absolute Gasteiger partial charge is 0.236 e. The maximum atomic E-state index is 10.8. The molecule has 1 aromatic heterocycles. The average Bonchev–Trinajstić information content (AvgIpc) is 2.24. The average molecular weight is 280 g/mol. The fraction of sp³-hybridized carbons (Fsp3) is 0.333. The van der Waals surface area contributed by atoms with E-state index >= 15 is 0 Å². The molecule has 0 aliphatic rings. The lowest BCUT2D eigenvalue weighted by molar-refractivity contribution is -0.113. The van der Waals surface area contributed by atoms with Gasteiger partial charge >= 0.3 is 0 Å². The molecule has 1 N–H and O–H groups in total. The Kier molecular flexibility index (Phi) is 7.42. The molecule has 3 nitrogen and oxygen atoms in total. The van der Waals surface area contributed by atoms with Crippen molar-refractivity contribution in [1.29, 1.82) is 0 Å². The molecule has 0 bridgehead atoms. The van der Waals surface area contributed by atoms with Gasteiger partial charge in [-0.1, -0.05) is 41.4 Å². The molecule has 0 aromatic carbocycles. The molecule has 0 spiro atoms. The molecule has 1 heterocycles. The molecule has 1 rings (SSSR count). The van der Waals surface area contributed by atoms with Gasteiger partial charge in [0, 0.05) is 6.20 Å². The molecule has 0 saturated heterocycles. The summed E-state index contributed by atoms with van der Waals surface area (Å²) in [5.41, 5.74) is 0. The summed E-state index contributed by atoms with van der Waals surface area (Å²) in [6.07, 6.45) is 1.48. The summed E-state index contributed by atoms with van der Waals surface area (Å²) in [4.78, 5) is 14.7. The molecule has 0 aliphatic carbocycles. The van der Waals surface area contributed by atoms with Crippen LogP contribution in [0.5, 0.6) is 0 Å². The number of anilines is 1. The third-order valence-electron chi connectivity index (χ3n) is 1.12. The van der Waals surface area contributed by atoms with Crippen molar-refractivity contribution in [3.63, 3.8) is 0 Å². The van der Waals surface area contributed by atoms with Gasteiger partial charge in [0.25, 0.3) is 0 Å². The quantitative estimate of drug-likeness (QED) is 0.845. The van der Waals surface area contributed by atoms with E-state index in [4.69, 9.17) is 11.6 Å². The number of hydrogen-bond acceptors (Lipinski definition) is 2. The van der Waals surface area contributed by atoms with Gasteiger partial charge in [-0.05, 0) is 12.1 Å². The molecular weight excluding hydrogens is 267 g/mol. The van der Waals surface area contributed by atoms with E-state index in [-0.39, 0.29) is 11.2 Å². The molecule has 0 radical (unpaired) electrons. The summed E-state index contributed by atoms with van der Waals surface area (Å²) in [5.74, 6) is 0.369. The first-order chi connectivity index (χ1) is 6.72. The molecule has 0 unspecified atom stereocenters. The van der Waals surface area contributed by atoms with Crippen LogP contribution in [0.4, 0.5) is 5.82 Å². The van der Waals surface area contributed by atoms with Gasteiger partial charge < -0.3 is 5.32 Å². The Balaban J connectivity index is 0.000000791. The van der Waals surface area contributed by atoms with Crippen molar-refractivity contribution in [2.24, 2.45) is 0 Å². The highest BCUT2D eigenvalue weighted by Gasteiger charge is 1.99. The van der Waals surface area contributed by atoms with Crippen molar-refractivity contribution in [2.45, 2.75) is 13.8 Å². The third-order valence-corrected chi connectivity index (χ3v) is 1.85. The van der Waals surface area contributed by atoms with Crippen LogP contribution >= 0.6 is 27.5 Å². The van der Waals surface area contributed by atoms with Gasteiger partial charge in [0.1, 0.15) is 5.82 Å². The second-order valence-electron chi connectivity index (χ2n) is 2.04. The Labute approximate surface area is 97.0 Å². The van der Waals surface area contributed by atoms with E-state index < -0.39 is 0 Å². The maximum Gasteiger partial charge on any atom is 0.236 e. The zero-order chi connectivity index (χ0) is 11.0. The molecule has 14 heavy (non-hydrogen) atoms. The predicted octanol–water partition coefficient (Wildman–Crippen LogP) is 3.09. The van der Waals surface area contributed by atoms with Crippen molar-refractivity contribution in [3.8, 4) is 0 Å². The number of hydrogen-bond donors (Lipinski definition) is 1. The van der Waals surface area contributed by atoms with Crippen molar-refractivity contribution in [2.75, 3.05) is 10.6 Å². The Morgan fingerprint density at radius 3 is 2.64 bits per heavy atom. The van der Waals surface area contributed by atoms with Crippen LogP contribution in [0.15, 0.2) is 18.3 Å². The number of amides is 1. The van der Waals surface area contributed by atoms with Gasteiger partial charge in [0.2, 0.25) is 5.91 Å². The summed E-state index contributed by atoms with van der Waals surface area (Å²) in [6, 6.07) is 3.31. The summed E-state index contributed by atoms with van der Waals surface area (Å²) >= 11 is 8.62. The Morgan fingerprint density at radius 1 is 1.57 bits per heavy atom. The van der Waals surface area contributed by atoms with Crippen LogP contribution in [0.1, 0.15) is 13.8 Å². The molecule has 5 heteroatoms. The number of carbonyl (C=O) groups excluding carboxylic acids is 1. The largest absolute Gasteiger partial charge is 0.310 e. The minimum atomic E-state index is -0.134. The van der Waals surface area contributed by atoms with Crippen molar-refractivity contribution >= 4 is 39.3 Å². The number of alkyl halides is 1. The number of halogens is 2. The summed E-state index contributed by atoms with van der Waals surface area (Å²) < 4.78 is 0. The number of nitrogens with zero attached hydrogens (tertiary/aromatic N) is 1. The molecule has 1 amide bonds. The fourth-order valence-corrected chi connectivity index (χ4v) is 0.878. The molecular formula is C9H12BrClN2O. The Hall–Kier alpha value is -0.610. The molecule has 78 valence electrons. The first-order valence-electron chi connectivity index (χ1n) is 4.20. The Morgan fingerprint density at radius 2 is 2.21 bits per heavy atom. The van der Waals surface area contributed by atoms with E-state index in [2.05, 4.69) is 26.2 Å². The number of carbonyl (C=O) groups is 1. The first kappa shape index (κ1) is 13.4. The fourth-order valence-electron chi connectivity index (χ4n) is 0.626. The monoisotopic (exact) mass is 278 g/mol. The van der Waals surface area contributed by atoms with E-state index in [1.54, 1.807) is 12.1 Å². The van der Waals surface area contributed by atoms with E-state index in [1.807, 2.05) is 13.8 Å². The Bertz CT molecular complexity index is 277. The molecule has 0 aliphatic heterocycles. The minimum Gasteiger partial charge on any atom is -0.310 e. The van der Waals surface area contributed by atoms with Gasteiger partial charge in [-0.25, -0.2) is 4.98 Å². The summed E-state index contributed by atoms with van der Waals surface area (Å²) in [5, 5.41) is 3.37. The minimum absolute atomic E-state index is 0.134. The van der Waals surface area contributed by atoms with Crippen LogP contribution in [0.3, 0.4) is 0 Å². The summed E-state index contributed by atoms with van der Waals surface area (Å²) in [7, 11) is 0. The number of nitrogens with one attached hydrogen (secondary N) is 1. The lowest BCUT2D eigenvalue weighted by Gasteiger charge is -2.00. The molecule has 1 aromatic rings. The van der Waals surface area contributed by atoms with Crippen LogP contribution in [0, 0.1) is 0 Å². The maximum absolute atomic E-state index is 10.8. The molecule has 0 saturated carbocycles. The lowest BCUT2D eigenvalue weighted by Crippen LogP contribution is -2.13. The molecule has 0 fully saturated rings. The second-order valence-corrected chi connectivity index (χ2v) is 3.04. The molecule has 0 atom stereocenters. The number of aromatic nitrogens is 1. The van der Waals surface area contributed by atoms with Crippen molar-refractivity contribution in [3.05, 3.63) is 23.4 Å². The highest BCUT2D eigenvalue weighted by molar-refractivity contribution is 9.09. The van der Waals surface area contributed by atoms with Gasteiger partial charge in [-0.3, -0.25) is 4.79 Å². The lowest BCUT2D eigenvalue weighted by atomic mass is 10.4. The highest BCUT2D eigenvalue weighted by atomic mass is 79.9. The standard InChI is InChI=1S/C7H6BrClN2O.C2H6/c8-3-7(12)11-6-2-1-5(9)4-10-6;1-2/h1-2,4H,3H2,(H,10,11,12);1-2H3. The van der Waals surface area contributed by atoms with E-state index in [1.165, 1.54) is 6.20 Å². The van der Waals surface area contributed by atoms with Gasteiger partial charge in [0.15, 0.2) is 0 Å². The van der Waals surface area contributed by atoms with Gasteiger partial charge in [0.05, 0.1) is 10.4 Å². The predicted molar refractivity (Wildman–Crippen MR) is 63.0 cm³/mol. The van der Waals surface area contributed by atoms with Crippen LogP contribution < -0.4 is 5.32 Å². The summed E-state index contributed by atoms with van der Waals surface area (Å²) in [6.45, 7) is 4.00. The SMILES string of the molecule is CC.O=C(CBr)Nc1ccc(Cl)cn1. The van der Waals surface area contributed by atoms with Crippen LogP contribution in [-0.2, 0) is 4.79 Å². The number of pyridine rings is 1. The number of rotatable bonds is 2. The van der Waals surface area contributed by atoms with Crippen LogP contribution in [0.25, 0.3) is 0 Å². The third kappa shape index (κ3) is 5.19. The van der Waals surface area contributed by atoms with E-state index in [0.29, 0.717) is 10.8 Å². The van der Waals surface area contributed by atoms with Crippen LogP contribution in [0.2, 0.25) is 5.02 Å². The van der Waals surface area contributed by atoms with E-state index in [0.717, 1.165) is 0 Å². The van der Waals surface area contributed by atoms with Gasteiger partial charge in [-0.2, -0.15) is 0 Å². The topological polar surface area (TPSA) is 42.0 Å². The van der Waals surface area contributed by atoms with Crippen molar-refractivity contribution < 1.29 is 4.79 Å². The normalized spacial score (nSPS) is 8.57. The zero-order valence-corrected chi connectivity index (χ0v) is 10.4. The van der Waals surface area contributed by atoms with Crippen molar-refractivity contribution in [1.82, 2.24) is 4.98 Å².